The van der Waals surface area contributed by atoms with Gasteiger partial charge in [0.15, 0.2) is 0 Å². The van der Waals surface area contributed by atoms with E-state index >= 15 is 0 Å². The number of hydrogen-bond acceptors (Lipinski definition) is 4. The summed E-state index contributed by atoms with van der Waals surface area (Å²) >= 11 is 0. The predicted octanol–water partition coefficient (Wildman–Crippen LogP) is 8.24. The molecule has 1 aromatic heterocycles. The van der Waals surface area contributed by atoms with Crippen molar-refractivity contribution in [3.63, 3.8) is 0 Å². The first-order valence-electron chi connectivity index (χ1n) is 14.3. The lowest BCUT2D eigenvalue weighted by atomic mass is 9.92. The zero-order chi connectivity index (χ0) is 28.1. The minimum absolute atomic E-state index is 0.544. The van der Waals surface area contributed by atoms with Crippen LogP contribution in [-0.4, -0.2) is 30.5 Å². The Bertz CT molecular complexity index is 1640. The number of allylic oxidation sites excluding steroid dienone is 1. The molecule has 0 atom stereocenters. The number of nitrogens with zero attached hydrogens (tertiary/aromatic N) is 3. The summed E-state index contributed by atoms with van der Waals surface area (Å²) in [6, 6.07) is 20.1. The molecule has 0 aliphatic heterocycles. The molecule has 202 valence electrons. The van der Waals surface area contributed by atoms with Crippen molar-refractivity contribution in [2.24, 2.45) is 0 Å². The molecule has 1 N–H and O–H groups in total. The number of aryl methyl sites for hydroxylation is 3. The fourth-order valence-electron chi connectivity index (χ4n) is 5.47. The molecule has 0 saturated carbocycles. The molecule has 1 heterocycles. The fraction of sp³-hybridized carbons (Fsp3) is 0.278. The lowest BCUT2D eigenvalue weighted by Crippen LogP contribution is -2.10. The van der Waals surface area contributed by atoms with Crippen LogP contribution < -0.4 is 5.32 Å². The van der Waals surface area contributed by atoms with E-state index < -0.39 is 0 Å². The lowest BCUT2D eigenvalue weighted by Gasteiger charge is -2.16. The van der Waals surface area contributed by atoms with Crippen LogP contribution in [0.25, 0.3) is 23.1 Å². The summed E-state index contributed by atoms with van der Waals surface area (Å²) in [7, 11) is 4.14. The van der Waals surface area contributed by atoms with Gasteiger partial charge in [0.1, 0.15) is 6.07 Å². The summed E-state index contributed by atoms with van der Waals surface area (Å²) in [6.07, 6.45) is 15.8. The van der Waals surface area contributed by atoms with Crippen LogP contribution in [0.15, 0.2) is 66.9 Å². The summed E-state index contributed by atoms with van der Waals surface area (Å²) in [5, 5.41) is 14.5. The highest BCUT2D eigenvalue weighted by Gasteiger charge is 2.14. The molecule has 0 unspecified atom stereocenters. The van der Waals surface area contributed by atoms with E-state index in [9.17, 15) is 5.26 Å². The summed E-state index contributed by atoms with van der Waals surface area (Å²) in [5.41, 5.74) is 12.4. The molecular formula is C36H38N4. The molecule has 0 radical (unpaired) electrons. The van der Waals surface area contributed by atoms with Crippen molar-refractivity contribution >= 4 is 34.4 Å². The minimum Gasteiger partial charge on any atom is -0.354 e. The normalized spacial score (nSPS) is 12.7. The molecule has 1 aliphatic carbocycles. The SMILES string of the molecule is CCCc1cc2ncc(C#N)c(Nc3ccc(Cc4ccc5c(c4)C=CCC5)c(C)c3)c2cc1/C=C/CN(C)C. The van der Waals surface area contributed by atoms with Crippen LogP contribution >= 0.6 is 0 Å². The van der Waals surface area contributed by atoms with Gasteiger partial charge in [-0.05, 0) is 110 Å². The van der Waals surface area contributed by atoms with E-state index in [1.807, 2.05) is 0 Å². The van der Waals surface area contributed by atoms with E-state index in [1.165, 1.54) is 38.9 Å². The monoisotopic (exact) mass is 526 g/mol. The van der Waals surface area contributed by atoms with Crippen molar-refractivity contribution in [3.05, 3.63) is 111 Å². The van der Waals surface area contributed by atoms with E-state index in [1.54, 1.807) is 6.20 Å². The Balaban J connectivity index is 1.46. The molecule has 4 nitrogen and oxygen atoms in total. The van der Waals surface area contributed by atoms with Gasteiger partial charge in [0.25, 0.3) is 0 Å². The second-order valence-electron chi connectivity index (χ2n) is 11.1. The van der Waals surface area contributed by atoms with Gasteiger partial charge in [0.05, 0.1) is 16.8 Å². The molecule has 0 spiro atoms. The number of anilines is 2. The first-order chi connectivity index (χ1) is 19.4. The quantitative estimate of drug-likeness (QED) is 0.239. The maximum atomic E-state index is 9.96. The molecule has 0 saturated heterocycles. The molecule has 0 amide bonds. The van der Waals surface area contributed by atoms with Gasteiger partial charge in [-0.1, -0.05) is 61.9 Å². The fourth-order valence-corrected chi connectivity index (χ4v) is 5.47. The van der Waals surface area contributed by atoms with Crippen molar-refractivity contribution in [1.29, 1.82) is 5.26 Å². The highest BCUT2D eigenvalue weighted by molar-refractivity contribution is 5.97. The van der Waals surface area contributed by atoms with Gasteiger partial charge in [-0.3, -0.25) is 4.98 Å². The maximum Gasteiger partial charge on any atom is 0.103 e. The molecule has 4 aromatic rings. The van der Waals surface area contributed by atoms with Gasteiger partial charge in [-0.25, -0.2) is 0 Å². The summed E-state index contributed by atoms with van der Waals surface area (Å²) in [5.74, 6) is 0. The highest BCUT2D eigenvalue weighted by Crippen LogP contribution is 2.33. The first-order valence-corrected chi connectivity index (χ1v) is 14.3. The zero-order valence-electron chi connectivity index (χ0n) is 24.1. The number of nitrogens with one attached hydrogen (secondary N) is 1. The van der Waals surface area contributed by atoms with Crippen LogP contribution in [0.1, 0.15) is 64.3 Å². The highest BCUT2D eigenvalue weighted by atomic mass is 15.0. The summed E-state index contributed by atoms with van der Waals surface area (Å²) < 4.78 is 0. The zero-order valence-corrected chi connectivity index (χ0v) is 24.1. The van der Waals surface area contributed by atoms with Gasteiger partial charge in [0, 0.05) is 23.8 Å². The van der Waals surface area contributed by atoms with Crippen LogP contribution in [0.3, 0.4) is 0 Å². The third-order valence-corrected chi connectivity index (χ3v) is 7.63. The van der Waals surface area contributed by atoms with Crippen molar-refractivity contribution in [3.8, 4) is 6.07 Å². The van der Waals surface area contributed by atoms with E-state index in [-0.39, 0.29) is 0 Å². The number of hydrogen-bond donors (Lipinski definition) is 1. The smallest absolute Gasteiger partial charge is 0.103 e. The third-order valence-electron chi connectivity index (χ3n) is 7.63. The van der Waals surface area contributed by atoms with Gasteiger partial charge in [-0.15, -0.1) is 0 Å². The number of aromatic nitrogens is 1. The first kappa shape index (κ1) is 27.4. The predicted molar refractivity (Wildman–Crippen MR) is 169 cm³/mol. The van der Waals surface area contributed by atoms with Crippen molar-refractivity contribution in [2.75, 3.05) is 26.0 Å². The van der Waals surface area contributed by atoms with Gasteiger partial charge >= 0.3 is 0 Å². The standard InChI is InChI=1S/C36H38N4/c1-5-9-29-22-35-34(21-31(29)12-8-17-40(3)4)36(32(23-37)24-38-35)39-33-16-15-28(25(2)18-33)19-26-13-14-27-10-6-7-11-30(27)20-26/h7-8,11-16,18,20-22,24H,5-6,9-10,17,19H2,1-4H3,(H,38,39)/b12-8+. The minimum atomic E-state index is 0.544. The molecular weight excluding hydrogens is 488 g/mol. The molecule has 40 heavy (non-hydrogen) atoms. The Morgan fingerprint density at radius 1 is 1.07 bits per heavy atom. The Morgan fingerprint density at radius 3 is 2.73 bits per heavy atom. The molecule has 4 heteroatoms. The van der Waals surface area contributed by atoms with Crippen LogP contribution in [0.5, 0.6) is 0 Å². The third kappa shape index (κ3) is 6.17. The van der Waals surface area contributed by atoms with Crippen LogP contribution in [0.2, 0.25) is 0 Å². The van der Waals surface area contributed by atoms with Crippen LogP contribution in [0, 0.1) is 18.3 Å². The molecule has 0 fully saturated rings. The second kappa shape index (κ2) is 12.3. The molecule has 1 aliphatic rings. The van der Waals surface area contributed by atoms with Crippen LogP contribution in [-0.2, 0) is 19.3 Å². The van der Waals surface area contributed by atoms with Crippen molar-refractivity contribution in [2.45, 2.75) is 46.0 Å². The van der Waals surface area contributed by atoms with Gasteiger partial charge in [-0.2, -0.15) is 5.26 Å². The van der Waals surface area contributed by atoms with Crippen molar-refractivity contribution < 1.29 is 0 Å². The summed E-state index contributed by atoms with van der Waals surface area (Å²) in [6.45, 7) is 5.24. The topological polar surface area (TPSA) is 52.0 Å². The van der Waals surface area contributed by atoms with Crippen molar-refractivity contribution in [1.82, 2.24) is 9.88 Å². The molecule has 3 aromatic carbocycles. The second-order valence-corrected chi connectivity index (χ2v) is 11.1. The van der Waals surface area contributed by atoms with E-state index in [0.717, 1.165) is 60.9 Å². The van der Waals surface area contributed by atoms with Gasteiger partial charge < -0.3 is 10.2 Å². The number of fused-ring (bicyclic) bond motifs is 2. The number of rotatable bonds is 9. The lowest BCUT2D eigenvalue weighted by molar-refractivity contribution is 0.457. The van der Waals surface area contributed by atoms with E-state index in [4.69, 9.17) is 0 Å². The molecule has 5 rings (SSSR count). The number of pyridine rings is 1. The Hall–Kier alpha value is -4.20. The summed E-state index contributed by atoms with van der Waals surface area (Å²) in [4.78, 5) is 6.80. The van der Waals surface area contributed by atoms with Crippen LogP contribution in [0.4, 0.5) is 11.4 Å². The average molecular weight is 527 g/mol. The largest absolute Gasteiger partial charge is 0.354 e. The Morgan fingerprint density at radius 2 is 1.95 bits per heavy atom. The number of nitriles is 1. The van der Waals surface area contributed by atoms with E-state index in [0.29, 0.717) is 5.56 Å². The Kier molecular flexibility index (Phi) is 8.43. The number of benzene rings is 3. The Labute approximate surface area is 238 Å². The average Bonchev–Trinajstić information content (AvgIpc) is 2.95. The van der Waals surface area contributed by atoms with E-state index in [2.05, 4.69) is 122 Å². The number of likely N-dealkylation sites (N-methyl/N-ethyl adjacent to an activating group) is 1. The molecule has 0 bridgehead atoms. The van der Waals surface area contributed by atoms with Gasteiger partial charge in [0.2, 0.25) is 0 Å². The maximum absolute atomic E-state index is 9.96.